The van der Waals surface area contributed by atoms with Crippen molar-refractivity contribution in [2.24, 2.45) is 0 Å². The minimum Gasteiger partial charge on any atom is -0.454 e. The van der Waals surface area contributed by atoms with E-state index in [-0.39, 0.29) is 23.6 Å². The first-order chi connectivity index (χ1) is 14.3. The third kappa shape index (κ3) is 4.88. The second kappa shape index (κ2) is 8.99. The smallest absolute Gasteiger partial charge is 0.328 e. The molecule has 0 saturated carbocycles. The van der Waals surface area contributed by atoms with Crippen molar-refractivity contribution in [1.82, 2.24) is 9.78 Å². The number of hydrogen-bond acceptors (Lipinski definition) is 6. The number of nitrogens with zero attached hydrogens (tertiary/aromatic N) is 3. The predicted molar refractivity (Wildman–Crippen MR) is 110 cm³/mol. The molecular formula is C21H20N4O5. The molecule has 2 aromatic carbocycles. The number of nitrogens with one attached hydrogen (secondary N) is 1. The minimum atomic E-state index is -0.718. The van der Waals surface area contributed by atoms with E-state index < -0.39 is 23.4 Å². The Morgan fingerprint density at radius 1 is 1.07 bits per heavy atom. The first-order valence-electron chi connectivity index (χ1n) is 9.14. The van der Waals surface area contributed by atoms with Crippen molar-refractivity contribution in [1.29, 1.82) is 0 Å². The number of anilines is 1. The van der Waals surface area contributed by atoms with E-state index in [2.05, 4.69) is 10.4 Å². The van der Waals surface area contributed by atoms with Crippen LogP contribution in [0.4, 0.5) is 11.4 Å². The van der Waals surface area contributed by atoms with Crippen LogP contribution in [0, 0.1) is 24.0 Å². The minimum absolute atomic E-state index is 0.139. The molecule has 0 bridgehead atoms. The Hall–Kier alpha value is -4.01. The van der Waals surface area contributed by atoms with Gasteiger partial charge < -0.3 is 10.1 Å². The predicted octanol–water partition coefficient (Wildman–Crippen LogP) is 3.26. The summed E-state index contributed by atoms with van der Waals surface area (Å²) in [6.07, 6.45) is 0. The second-order valence-corrected chi connectivity index (χ2v) is 6.59. The van der Waals surface area contributed by atoms with E-state index in [0.717, 1.165) is 11.1 Å². The van der Waals surface area contributed by atoms with E-state index >= 15 is 0 Å². The van der Waals surface area contributed by atoms with Gasteiger partial charge in [-0.15, -0.1) is 0 Å². The van der Waals surface area contributed by atoms with Gasteiger partial charge in [-0.2, -0.15) is 5.10 Å². The van der Waals surface area contributed by atoms with Gasteiger partial charge in [0.2, 0.25) is 0 Å². The maximum absolute atomic E-state index is 12.0. The van der Waals surface area contributed by atoms with Crippen molar-refractivity contribution in [2.45, 2.75) is 20.4 Å². The molecule has 0 aliphatic carbocycles. The van der Waals surface area contributed by atoms with Gasteiger partial charge in [-0.1, -0.05) is 42.5 Å². The number of nitro groups is 1. The average Bonchev–Trinajstić information content (AvgIpc) is 3.00. The molecule has 0 aliphatic rings. The number of aromatic nitrogens is 2. The normalized spacial score (nSPS) is 10.5. The lowest BCUT2D eigenvalue weighted by Gasteiger charge is -2.08. The Balaban J connectivity index is 1.52. The number of carbonyl (C=O) groups excluding carboxylic acids is 2. The zero-order chi connectivity index (χ0) is 21.7. The summed E-state index contributed by atoms with van der Waals surface area (Å²) in [5, 5.41) is 17.6. The van der Waals surface area contributed by atoms with Gasteiger partial charge in [0, 0.05) is 5.69 Å². The third-order valence-electron chi connectivity index (χ3n) is 4.44. The fraction of sp³-hybridized carbons (Fsp3) is 0.190. The zero-order valence-electron chi connectivity index (χ0n) is 16.5. The van der Waals surface area contributed by atoms with Gasteiger partial charge in [-0.3, -0.25) is 24.4 Å². The van der Waals surface area contributed by atoms with Crippen LogP contribution in [0.15, 0.2) is 54.6 Å². The van der Waals surface area contributed by atoms with E-state index in [4.69, 9.17) is 4.74 Å². The van der Waals surface area contributed by atoms with Crippen LogP contribution in [0.3, 0.4) is 0 Å². The van der Waals surface area contributed by atoms with Crippen LogP contribution in [0.5, 0.6) is 0 Å². The lowest BCUT2D eigenvalue weighted by molar-refractivity contribution is -0.386. The molecule has 1 heterocycles. The van der Waals surface area contributed by atoms with Gasteiger partial charge >= 0.3 is 11.7 Å². The Labute approximate surface area is 172 Å². The number of aryl methyl sites for hydroxylation is 1. The molecule has 0 unspecified atom stereocenters. The molecular weight excluding hydrogens is 388 g/mol. The number of ether oxygens (including phenoxy) is 1. The summed E-state index contributed by atoms with van der Waals surface area (Å²) in [5.41, 5.74) is 2.97. The van der Waals surface area contributed by atoms with Crippen LogP contribution in [-0.4, -0.2) is 33.2 Å². The molecule has 0 radical (unpaired) electrons. The summed E-state index contributed by atoms with van der Waals surface area (Å²) in [6.45, 7) is 2.20. The monoisotopic (exact) mass is 408 g/mol. The van der Waals surface area contributed by atoms with Gasteiger partial charge in [0.05, 0.1) is 4.92 Å². The van der Waals surface area contributed by atoms with Crippen molar-refractivity contribution in [3.05, 3.63) is 76.1 Å². The largest absolute Gasteiger partial charge is 0.454 e. The first kappa shape index (κ1) is 20.7. The van der Waals surface area contributed by atoms with E-state index in [1.807, 2.05) is 42.5 Å². The highest BCUT2D eigenvalue weighted by Crippen LogP contribution is 2.22. The van der Waals surface area contributed by atoms with Crippen molar-refractivity contribution < 1.29 is 19.2 Å². The quantitative estimate of drug-likeness (QED) is 0.364. The molecule has 1 aromatic heterocycles. The highest BCUT2D eigenvalue weighted by atomic mass is 16.6. The maximum Gasteiger partial charge on any atom is 0.328 e. The van der Waals surface area contributed by atoms with Gasteiger partial charge in [-0.25, -0.2) is 0 Å². The van der Waals surface area contributed by atoms with Crippen LogP contribution in [0.2, 0.25) is 0 Å². The molecule has 154 valence electrons. The topological polar surface area (TPSA) is 116 Å². The maximum atomic E-state index is 12.0. The molecule has 1 amide bonds. The molecule has 3 aromatic rings. The summed E-state index contributed by atoms with van der Waals surface area (Å²) in [4.78, 5) is 34.5. The van der Waals surface area contributed by atoms with Crippen LogP contribution < -0.4 is 5.32 Å². The summed E-state index contributed by atoms with van der Waals surface area (Å²) in [7, 11) is 0. The molecule has 0 spiro atoms. The summed E-state index contributed by atoms with van der Waals surface area (Å²) >= 11 is 0. The fourth-order valence-corrected chi connectivity index (χ4v) is 2.99. The average molecular weight is 408 g/mol. The third-order valence-corrected chi connectivity index (χ3v) is 4.44. The first-order valence-corrected chi connectivity index (χ1v) is 9.14. The Kier molecular flexibility index (Phi) is 6.21. The van der Waals surface area contributed by atoms with E-state index in [1.165, 1.54) is 18.5 Å². The molecule has 9 heteroatoms. The number of benzene rings is 2. The van der Waals surface area contributed by atoms with Crippen LogP contribution in [0.25, 0.3) is 11.1 Å². The van der Waals surface area contributed by atoms with Gasteiger partial charge in [-0.05, 0) is 37.1 Å². The zero-order valence-corrected chi connectivity index (χ0v) is 16.5. The lowest BCUT2D eigenvalue weighted by Crippen LogP contribution is -2.23. The highest BCUT2D eigenvalue weighted by molar-refractivity contribution is 5.93. The van der Waals surface area contributed by atoms with Gasteiger partial charge in [0.1, 0.15) is 17.9 Å². The van der Waals surface area contributed by atoms with E-state index in [1.54, 1.807) is 12.1 Å². The van der Waals surface area contributed by atoms with Crippen LogP contribution in [-0.2, 0) is 20.9 Å². The molecule has 1 N–H and O–H groups in total. The lowest BCUT2D eigenvalue weighted by atomic mass is 10.1. The van der Waals surface area contributed by atoms with Crippen molar-refractivity contribution >= 4 is 23.3 Å². The van der Waals surface area contributed by atoms with Crippen molar-refractivity contribution in [2.75, 3.05) is 11.9 Å². The number of amides is 1. The highest BCUT2D eigenvalue weighted by Gasteiger charge is 2.23. The molecule has 30 heavy (non-hydrogen) atoms. The molecule has 3 rings (SSSR count). The van der Waals surface area contributed by atoms with Crippen molar-refractivity contribution in [3.8, 4) is 11.1 Å². The summed E-state index contributed by atoms with van der Waals surface area (Å²) < 4.78 is 6.15. The summed E-state index contributed by atoms with van der Waals surface area (Å²) in [6, 6.07) is 17.1. The second-order valence-electron chi connectivity index (χ2n) is 6.59. The molecule has 9 nitrogen and oxygen atoms in total. The van der Waals surface area contributed by atoms with Gasteiger partial charge in [0.15, 0.2) is 6.61 Å². The number of hydrogen-bond donors (Lipinski definition) is 1. The Bertz CT molecular complexity index is 1070. The summed E-state index contributed by atoms with van der Waals surface area (Å²) in [5.74, 6) is -1.21. The number of rotatable bonds is 7. The number of esters is 1. The molecule has 0 atom stereocenters. The van der Waals surface area contributed by atoms with Gasteiger partial charge in [0.25, 0.3) is 5.91 Å². The molecule has 0 fully saturated rings. The number of carbonyl (C=O) groups is 2. The van der Waals surface area contributed by atoms with E-state index in [0.29, 0.717) is 5.69 Å². The molecule has 0 saturated heterocycles. The Morgan fingerprint density at radius 2 is 1.70 bits per heavy atom. The standard InChI is InChI=1S/C21H20N4O5/c1-14-21(25(28)29)15(2)24(23-14)12-20(27)30-13-19(26)22-18-10-8-17(9-11-18)16-6-4-3-5-7-16/h3-11H,12-13H2,1-2H3,(H,22,26). The SMILES string of the molecule is Cc1nn(CC(=O)OCC(=O)Nc2ccc(-c3ccccc3)cc2)c(C)c1[N+](=O)[O-]. The molecule has 0 aliphatic heterocycles. The fourth-order valence-electron chi connectivity index (χ4n) is 2.99. The van der Waals surface area contributed by atoms with Crippen LogP contribution >= 0.6 is 0 Å². The van der Waals surface area contributed by atoms with Crippen LogP contribution in [0.1, 0.15) is 11.4 Å². The van der Waals surface area contributed by atoms with E-state index in [9.17, 15) is 19.7 Å². The van der Waals surface area contributed by atoms with Crippen molar-refractivity contribution in [3.63, 3.8) is 0 Å². The Morgan fingerprint density at radius 3 is 2.30 bits per heavy atom.